The van der Waals surface area contributed by atoms with Gasteiger partial charge in [0.05, 0.1) is 6.54 Å². The Hall–Kier alpha value is -3.80. The van der Waals surface area contributed by atoms with Gasteiger partial charge in [-0.05, 0) is 54.8 Å². The van der Waals surface area contributed by atoms with Crippen LogP contribution in [0.25, 0.3) is 0 Å². The number of carbonyl (C=O) groups is 2. The highest BCUT2D eigenvalue weighted by atomic mass is 16.5. The van der Waals surface area contributed by atoms with E-state index in [0.717, 1.165) is 42.9 Å². The molecule has 6 heteroatoms. The third-order valence-corrected chi connectivity index (χ3v) is 5.23. The Bertz CT molecular complexity index is 1050. The van der Waals surface area contributed by atoms with E-state index in [1.165, 1.54) is 0 Å². The van der Waals surface area contributed by atoms with Crippen molar-refractivity contribution in [2.24, 2.45) is 0 Å². The fourth-order valence-corrected chi connectivity index (χ4v) is 3.56. The number of ether oxygens (including phenoxy) is 1. The molecule has 0 aliphatic heterocycles. The second-order valence-electron chi connectivity index (χ2n) is 8.07. The predicted molar refractivity (Wildman–Crippen MR) is 137 cm³/mol. The molecule has 0 aliphatic rings. The van der Waals surface area contributed by atoms with Gasteiger partial charge in [-0.3, -0.25) is 9.59 Å². The highest BCUT2D eigenvalue weighted by Crippen LogP contribution is 2.19. The maximum atomic E-state index is 12.7. The number of rotatable bonds is 12. The minimum Gasteiger partial charge on any atom is -0.489 e. The summed E-state index contributed by atoms with van der Waals surface area (Å²) >= 11 is 0. The van der Waals surface area contributed by atoms with E-state index in [-0.39, 0.29) is 18.4 Å². The van der Waals surface area contributed by atoms with Crippen LogP contribution in [0.2, 0.25) is 0 Å². The third kappa shape index (κ3) is 7.66. The van der Waals surface area contributed by atoms with E-state index in [9.17, 15) is 9.59 Å². The Morgan fingerprint density at radius 2 is 1.53 bits per heavy atom. The number of amides is 2. The van der Waals surface area contributed by atoms with Crippen molar-refractivity contribution in [3.8, 4) is 5.75 Å². The molecule has 178 valence electrons. The van der Waals surface area contributed by atoms with E-state index >= 15 is 0 Å². The van der Waals surface area contributed by atoms with E-state index < -0.39 is 0 Å². The minimum atomic E-state index is -0.173. The molecule has 0 saturated heterocycles. The van der Waals surface area contributed by atoms with Crippen LogP contribution in [0.3, 0.4) is 0 Å². The van der Waals surface area contributed by atoms with Crippen LogP contribution in [0.4, 0.5) is 11.4 Å². The summed E-state index contributed by atoms with van der Waals surface area (Å²) in [5.41, 5.74) is 3.18. The molecule has 3 rings (SSSR count). The van der Waals surface area contributed by atoms with Gasteiger partial charge in [0.2, 0.25) is 5.91 Å². The summed E-state index contributed by atoms with van der Waals surface area (Å²) in [5, 5.41) is 5.98. The first-order valence-corrected chi connectivity index (χ1v) is 11.8. The summed E-state index contributed by atoms with van der Waals surface area (Å²) in [4.78, 5) is 27.0. The maximum absolute atomic E-state index is 12.7. The lowest BCUT2D eigenvalue weighted by atomic mass is 10.1. The molecule has 0 fully saturated rings. The number of benzene rings is 3. The molecule has 0 bridgehead atoms. The lowest BCUT2D eigenvalue weighted by molar-refractivity contribution is -0.114. The van der Waals surface area contributed by atoms with Gasteiger partial charge in [0.25, 0.3) is 5.91 Å². The first-order chi connectivity index (χ1) is 16.6. The quantitative estimate of drug-likeness (QED) is 0.371. The van der Waals surface area contributed by atoms with Gasteiger partial charge >= 0.3 is 0 Å². The second kappa shape index (κ2) is 13.0. The molecule has 0 saturated carbocycles. The molecule has 2 N–H and O–H groups in total. The third-order valence-electron chi connectivity index (χ3n) is 5.23. The lowest BCUT2D eigenvalue weighted by Crippen LogP contribution is -2.32. The fraction of sp³-hybridized carbons (Fsp3) is 0.286. The first kappa shape index (κ1) is 24.8. The lowest BCUT2D eigenvalue weighted by Gasteiger charge is -2.21. The van der Waals surface area contributed by atoms with Crippen molar-refractivity contribution in [1.29, 1.82) is 0 Å². The highest BCUT2D eigenvalue weighted by Gasteiger charge is 2.14. The Morgan fingerprint density at radius 3 is 2.21 bits per heavy atom. The molecular formula is C28H33N3O3. The van der Waals surface area contributed by atoms with Gasteiger partial charge in [0.15, 0.2) is 0 Å². The molecule has 0 unspecified atom stereocenters. The van der Waals surface area contributed by atoms with E-state index in [1.807, 2.05) is 59.5 Å². The van der Waals surface area contributed by atoms with Crippen molar-refractivity contribution in [2.75, 3.05) is 30.3 Å². The first-order valence-electron chi connectivity index (χ1n) is 11.8. The molecule has 6 nitrogen and oxygen atoms in total. The van der Waals surface area contributed by atoms with Gasteiger partial charge in [-0.1, -0.05) is 50.2 Å². The van der Waals surface area contributed by atoms with E-state index in [0.29, 0.717) is 17.9 Å². The zero-order chi connectivity index (χ0) is 24.2. The molecule has 0 atom stereocenters. The number of hydrogen-bond donors (Lipinski definition) is 2. The largest absolute Gasteiger partial charge is 0.489 e. The van der Waals surface area contributed by atoms with Crippen LogP contribution in [0.15, 0.2) is 78.9 Å². The van der Waals surface area contributed by atoms with Crippen LogP contribution in [0, 0.1) is 0 Å². The SMILES string of the molecule is CCCN(CCC)C(=O)c1ccc(NC(=O)CNc2cccc(OCc3ccccc3)c2)cc1. The van der Waals surface area contributed by atoms with Crippen molar-refractivity contribution in [1.82, 2.24) is 4.90 Å². The standard InChI is InChI=1S/C28H33N3O3/c1-3-17-31(18-4-2)28(33)23-13-15-24(16-14-23)30-27(32)20-29-25-11-8-12-26(19-25)34-21-22-9-6-5-7-10-22/h5-16,19,29H,3-4,17-18,20-21H2,1-2H3,(H,30,32). The van der Waals surface area contributed by atoms with Crippen LogP contribution in [-0.4, -0.2) is 36.3 Å². The molecule has 0 spiro atoms. The van der Waals surface area contributed by atoms with E-state index in [2.05, 4.69) is 24.5 Å². The summed E-state index contributed by atoms with van der Waals surface area (Å²) in [6.07, 6.45) is 1.85. The predicted octanol–water partition coefficient (Wildman–Crippen LogP) is 5.58. The number of nitrogens with one attached hydrogen (secondary N) is 2. The summed E-state index contributed by atoms with van der Waals surface area (Å²) in [5.74, 6) is 0.584. The zero-order valence-corrected chi connectivity index (χ0v) is 19.9. The Kier molecular flexibility index (Phi) is 9.52. The van der Waals surface area contributed by atoms with Crippen molar-refractivity contribution in [2.45, 2.75) is 33.3 Å². The summed E-state index contributed by atoms with van der Waals surface area (Å²) < 4.78 is 5.84. The summed E-state index contributed by atoms with van der Waals surface area (Å²) in [6, 6.07) is 24.5. The average molecular weight is 460 g/mol. The van der Waals surface area contributed by atoms with Crippen LogP contribution in [0.5, 0.6) is 5.75 Å². The summed E-state index contributed by atoms with van der Waals surface area (Å²) in [7, 11) is 0. The molecule has 0 aromatic heterocycles. The fourth-order valence-electron chi connectivity index (χ4n) is 3.56. The van der Waals surface area contributed by atoms with Crippen LogP contribution in [0.1, 0.15) is 42.6 Å². The van der Waals surface area contributed by atoms with Crippen molar-refractivity contribution in [3.05, 3.63) is 90.0 Å². The zero-order valence-electron chi connectivity index (χ0n) is 19.9. The van der Waals surface area contributed by atoms with Gasteiger partial charge in [0.1, 0.15) is 12.4 Å². The topological polar surface area (TPSA) is 70.7 Å². The number of carbonyl (C=O) groups excluding carboxylic acids is 2. The van der Waals surface area contributed by atoms with E-state index in [4.69, 9.17) is 4.74 Å². The molecule has 3 aromatic rings. The van der Waals surface area contributed by atoms with Crippen LogP contribution < -0.4 is 15.4 Å². The number of hydrogen-bond acceptors (Lipinski definition) is 4. The van der Waals surface area contributed by atoms with Gasteiger partial charge in [-0.2, -0.15) is 0 Å². The van der Waals surface area contributed by atoms with Gasteiger partial charge in [-0.15, -0.1) is 0 Å². The number of nitrogens with zero attached hydrogens (tertiary/aromatic N) is 1. The Morgan fingerprint density at radius 1 is 0.824 bits per heavy atom. The average Bonchev–Trinajstić information content (AvgIpc) is 2.87. The van der Waals surface area contributed by atoms with Gasteiger partial charge in [-0.25, -0.2) is 0 Å². The minimum absolute atomic E-state index is 0.0256. The molecule has 0 heterocycles. The van der Waals surface area contributed by atoms with Crippen LogP contribution >= 0.6 is 0 Å². The van der Waals surface area contributed by atoms with Gasteiger partial charge in [0, 0.05) is 36.1 Å². The second-order valence-corrected chi connectivity index (χ2v) is 8.07. The molecule has 0 aliphatic carbocycles. The Balaban J connectivity index is 1.49. The molecule has 34 heavy (non-hydrogen) atoms. The molecule has 2 amide bonds. The van der Waals surface area contributed by atoms with Crippen molar-refractivity contribution >= 4 is 23.2 Å². The van der Waals surface area contributed by atoms with Crippen molar-refractivity contribution in [3.63, 3.8) is 0 Å². The monoisotopic (exact) mass is 459 g/mol. The van der Waals surface area contributed by atoms with Crippen molar-refractivity contribution < 1.29 is 14.3 Å². The number of anilines is 2. The normalized spacial score (nSPS) is 10.4. The molecular weight excluding hydrogens is 426 g/mol. The smallest absolute Gasteiger partial charge is 0.253 e. The Labute approximate surface area is 201 Å². The van der Waals surface area contributed by atoms with E-state index in [1.54, 1.807) is 24.3 Å². The van der Waals surface area contributed by atoms with Crippen LogP contribution in [-0.2, 0) is 11.4 Å². The molecule has 3 aromatic carbocycles. The molecule has 0 radical (unpaired) electrons. The maximum Gasteiger partial charge on any atom is 0.253 e. The summed E-state index contributed by atoms with van der Waals surface area (Å²) in [6.45, 7) is 6.22. The van der Waals surface area contributed by atoms with Gasteiger partial charge < -0.3 is 20.3 Å². The highest BCUT2D eigenvalue weighted by molar-refractivity contribution is 5.96.